The van der Waals surface area contributed by atoms with Crippen LogP contribution in [-0.2, 0) is 16.0 Å². The van der Waals surface area contributed by atoms with Crippen LogP contribution in [0.4, 0.5) is 0 Å². The molecule has 0 saturated heterocycles. The quantitative estimate of drug-likeness (QED) is 0.887. The topological polar surface area (TPSA) is 70.5 Å². The third-order valence-electron chi connectivity index (χ3n) is 5.20. The van der Waals surface area contributed by atoms with Crippen molar-refractivity contribution >= 4 is 17.3 Å². The van der Waals surface area contributed by atoms with Gasteiger partial charge in [0.25, 0.3) is 5.91 Å². The highest BCUT2D eigenvalue weighted by atomic mass is 16.3. The lowest BCUT2D eigenvalue weighted by atomic mass is 10.00. The van der Waals surface area contributed by atoms with Gasteiger partial charge in [-0.05, 0) is 48.6 Å². The number of aromatic nitrogens is 1. The van der Waals surface area contributed by atoms with E-state index in [1.165, 1.54) is 23.6 Å². The third-order valence-corrected chi connectivity index (χ3v) is 5.20. The number of carbonyl (C=O) groups excluding carboxylic acids is 2. The summed E-state index contributed by atoms with van der Waals surface area (Å²) in [6.07, 6.45) is 5.36. The van der Waals surface area contributed by atoms with E-state index < -0.39 is 17.7 Å². The van der Waals surface area contributed by atoms with Crippen LogP contribution >= 0.6 is 0 Å². The first-order chi connectivity index (χ1) is 13.1. The summed E-state index contributed by atoms with van der Waals surface area (Å²) in [4.78, 5) is 30.7. The normalized spacial score (nSPS) is 18.7. The molecule has 2 aliphatic rings. The number of nitrogens with zero attached hydrogens (tertiary/aromatic N) is 2. The lowest BCUT2D eigenvalue weighted by Gasteiger charge is -2.26. The molecule has 1 aromatic heterocycles. The molecule has 0 unspecified atom stereocenters. The van der Waals surface area contributed by atoms with Crippen molar-refractivity contribution in [3.05, 3.63) is 82.9 Å². The van der Waals surface area contributed by atoms with Crippen LogP contribution in [0.5, 0.6) is 0 Å². The first-order valence-electron chi connectivity index (χ1n) is 9.01. The summed E-state index contributed by atoms with van der Waals surface area (Å²) in [6.45, 7) is 1.77. The Hall–Kier alpha value is -3.21. The van der Waals surface area contributed by atoms with Gasteiger partial charge in [-0.25, -0.2) is 0 Å². The molecule has 1 aliphatic heterocycles. The van der Waals surface area contributed by atoms with Crippen LogP contribution in [0.25, 0.3) is 5.57 Å². The summed E-state index contributed by atoms with van der Waals surface area (Å²) in [5.41, 5.74) is 4.39. The van der Waals surface area contributed by atoms with Gasteiger partial charge in [-0.2, -0.15) is 0 Å². The molecule has 5 heteroatoms. The van der Waals surface area contributed by atoms with Crippen molar-refractivity contribution in [1.82, 2.24) is 9.88 Å². The Labute approximate surface area is 157 Å². The summed E-state index contributed by atoms with van der Waals surface area (Å²) < 4.78 is 0. The molecule has 0 saturated carbocycles. The van der Waals surface area contributed by atoms with E-state index in [1.807, 2.05) is 18.2 Å². The van der Waals surface area contributed by atoms with Gasteiger partial charge in [0.2, 0.25) is 0 Å². The number of benzene rings is 1. The van der Waals surface area contributed by atoms with E-state index in [-0.39, 0.29) is 11.4 Å². The number of Topliss-reactive ketones (excluding diaryl/α,β-unsaturated/α-hetero) is 1. The molecule has 1 aliphatic carbocycles. The number of rotatable bonds is 5. The molecule has 2 aromatic rings. The van der Waals surface area contributed by atoms with Crippen molar-refractivity contribution in [2.75, 3.05) is 6.54 Å². The molecule has 1 N–H and O–H groups in total. The smallest absolute Gasteiger partial charge is 0.290 e. The van der Waals surface area contributed by atoms with Crippen LogP contribution in [0.15, 0.2) is 66.1 Å². The van der Waals surface area contributed by atoms with Gasteiger partial charge in [-0.3, -0.25) is 14.6 Å². The molecule has 1 atom stereocenters. The number of carbonyl (C=O) groups is 2. The predicted octanol–water partition coefficient (Wildman–Crippen LogP) is 3.40. The van der Waals surface area contributed by atoms with E-state index in [4.69, 9.17) is 0 Å². The van der Waals surface area contributed by atoms with E-state index in [0.717, 1.165) is 6.42 Å². The van der Waals surface area contributed by atoms with E-state index >= 15 is 0 Å². The molecular formula is C22H20N2O3. The SMILES string of the molecule is CC(=O)C1=C(O)C(=O)N(CCC2=CCc3ccccc32)[C@H]1c1ccccn1. The molecule has 1 amide bonds. The van der Waals surface area contributed by atoms with Crippen molar-refractivity contribution in [3.63, 3.8) is 0 Å². The summed E-state index contributed by atoms with van der Waals surface area (Å²) in [6, 6.07) is 13.0. The molecule has 136 valence electrons. The molecule has 27 heavy (non-hydrogen) atoms. The van der Waals surface area contributed by atoms with Crippen LogP contribution in [0.2, 0.25) is 0 Å². The van der Waals surface area contributed by atoms with Gasteiger partial charge >= 0.3 is 0 Å². The second-order valence-corrected chi connectivity index (χ2v) is 6.81. The van der Waals surface area contributed by atoms with Crippen LogP contribution in [0, 0.1) is 0 Å². The number of fused-ring (bicyclic) bond motifs is 1. The minimum Gasteiger partial charge on any atom is -0.503 e. The maximum Gasteiger partial charge on any atom is 0.290 e. The molecule has 1 aromatic carbocycles. The molecule has 5 nitrogen and oxygen atoms in total. The van der Waals surface area contributed by atoms with E-state index in [9.17, 15) is 14.7 Å². The van der Waals surface area contributed by atoms with Crippen LogP contribution < -0.4 is 0 Å². The minimum atomic E-state index is -0.645. The maximum absolute atomic E-state index is 12.7. The van der Waals surface area contributed by atoms with Crippen molar-refractivity contribution in [2.24, 2.45) is 0 Å². The zero-order chi connectivity index (χ0) is 19.0. The highest BCUT2D eigenvalue weighted by molar-refractivity contribution is 6.08. The Bertz CT molecular complexity index is 976. The standard InChI is InChI=1S/C22H20N2O3/c1-14(25)19-20(18-8-4-5-12-23-18)24(22(27)21(19)26)13-11-16-10-9-15-6-2-3-7-17(15)16/h2-8,10,12,20,26H,9,11,13H2,1H3/t20-/m0/s1. The number of allylic oxidation sites excluding steroid dienone is 1. The van der Waals surface area contributed by atoms with Crippen LogP contribution in [-0.4, -0.2) is 33.2 Å². The monoisotopic (exact) mass is 360 g/mol. The number of aliphatic hydroxyl groups excluding tert-OH is 1. The van der Waals surface area contributed by atoms with Crippen LogP contribution in [0.3, 0.4) is 0 Å². The van der Waals surface area contributed by atoms with E-state index in [1.54, 1.807) is 23.2 Å². The zero-order valence-corrected chi connectivity index (χ0v) is 15.1. The second-order valence-electron chi connectivity index (χ2n) is 6.81. The van der Waals surface area contributed by atoms with Crippen LogP contribution in [0.1, 0.15) is 36.2 Å². The highest BCUT2D eigenvalue weighted by Gasteiger charge is 2.42. The van der Waals surface area contributed by atoms with Gasteiger partial charge in [0.1, 0.15) is 6.04 Å². The largest absolute Gasteiger partial charge is 0.503 e. The fourth-order valence-corrected chi connectivity index (χ4v) is 3.92. The first-order valence-corrected chi connectivity index (χ1v) is 9.01. The molecular weight excluding hydrogens is 340 g/mol. The number of pyridine rings is 1. The van der Waals surface area contributed by atoms with Crippen molar-refractivity contribution in [3.8, 4) is 0 Å². The van der Waals surface area contributed by atoms with Gasteiger partial charge < -0.3 is 10.0 Å². The Morgan fingerprint density at radius 2 is 2.00 bits per heavy atom. The number of aliphatic hydroxyl groups is 1. The molecule has 0 radical (unpaired) electrons. The summed E-state index contributed by atoms with van der Waals surface area (Å²) in [7, 11) is 0. The fraction of sp³-hybridized carbons (Fsp3) is 0.227. The third kappa shape index (κ3) is 2.95. The molecule has 0 spiro atoms. The van der Waals surface area contributed by atoms with E-state index in [2.05, 4.69) is 23.2 Å². The number of hydrogen-bond acceptors (Lipinski definition) is 4. The lowest BCUT2D eigenvalue weighted by Crippen LogP contribution is -2.32. The summed E-state index contributed by atoms with van der Waals surface area (Å²) in [5, 5.41) is 10.3. The predicted molar refractivity (Wildman–Crippen MR) is 102 cm³/mol. The summed E-state index contributed by atoms with van der Waals surface area (Å²) in [5.74, 6) is -1.29. The first kappa shape index (κ1) is 17.2. The molecule has 2 heterocycles. The molecule has 4 rings (SSSR count). The van der Waals surface area contributed by atoms with Crippen molar-refractivity contribution in [1.29, 1.82) is 0 Å². The minimum absolute atomic E-state index is 0.125. The lowest BCUT2D eigenvalue weighted by molar-refractivity contribution is -0.129. The Morgan fingerprint density at radius 1 is 1.22 bits per heavy atom. The number of amides is 1. The van der Waals surface area contributed by atoms with Gasteiger partial charge in [0.15, 0.2) is 11.5 Å². The zero-order valence-electron chi connectivity index (χ0n) is 15.1. The van der Waals surface area contributed by atoms with Gasteiger partial charge in [0.05, 0.1) is 11.3 Å². The average Bonchev–Trinajstić information content (AvgIpc) is 3.20. The maximum atomic E-state index is 12.7. The molecule has 0 fully saturated rings. The average molecular weight is 360 g/mol. The van der Waals surface area contributed by atoms with Gasteiger partial charge in [-0.1, -0.05) is 36.4 Å². The highest BCUT2D eigenvalue weighted by Crippen LogP contribution is 2.38. The van der Waals surface area contributed by atoms with Gasteiger partial charge in [0, 0.05) is 12.7 Å². The number of ketones is 1. The van der Waals surface area contributed by atoms with Crippen molar-refractivity contribution < 1.29 is 14.7 Å². The van der Waals surface area contributed by atoms with E-state index in [0.29, 0.717) is 18.7 Å². The van der Waals surface area contributed by atoms with Crippen molar-refractivity contribution in [2.45, 2.75) is 25.8 Å². The number of hydrogen-bond donors (Lipinski definition) is 1. The van der Waals surface area contributed by atoms with Gasteiger partial charge in [-0.15, -0.1) is 0 Å². The Balaban J connectivity index is 1.62. The second kappa shape index (κ2) is 6.83. The molecule has 0 bridgehead atoms. The Morgan fingerprint density at radius 3 is 2.74 bits per heavy atom. The fourth-order valence-electron chi connectivity index (χ4n) is 3.92. The summed E-state index contributed by atoms with van der Waals surface area (Å²) >= 11 is 0. The Kier molecular flexibility index (Phi) is 4.36.